The Morgan fingerprint density at radius 2 is 2.28 bits per heavy atom. The Labute approximate surface area is 112 Å². The maximum absolute atomic E-state index is 12.2. The minimum atomic E-state index is 0.107. The van der Waals surface area contributed by atoms with Crippen LogP contribution in [0.5, 0.6) is 0 Å². The second kappa shape index (κ2) is 5.41. The highest BCUT2D eigenvalue weighted by Gasteiger charge is 2.29. The number of hydrogen-bond acceptors (Lipinski definition) is 3. The zero-order valence-corrected chi connectivity index (χ0v) is 11.7. The van der Waals surface area contributed by atoms with Crippen molar-refractivity contribution in [3.8, 4) is 0 Å². The Morgan fingerprint density at radius 3 is 2.78 bits per heavy atom. The molecule has 2 unspecified atom stereocenters. The third kappa shape index (κ3) is 2.59. The maximum atomic E-state index is 12.2. The number of carbonyl (C=O) groups is 1. The summed E-state index contributed by atoms with van der Waals surface area (Å²) in [5, 5.41) is 4.98. The second-order valence-corrected chi connectivity index (χ2v) is 5.48. The van der Waals surface area contributed by atoms with Crippen LogP contribution in [-0.4, -0.2) is 21.6 Å². The first-order valence-corrected chi connectivity index (χ1v) is 6.89. The number of ketones is 1. The van der Waals surface area contributed by atoms with Crippen LogP contribution in [0.25, 0.3) is 0 Å². The first-order valence-electron chi connectivity index (χ1n) is 6.51. The van der Waals surface area contributed by atoms with Crippen LogP contribution in [0.1, 0.15) is 37.6 Å². The van der Waals surface area contributed by atoms with E-state index in [-0.39, 0.29) is 17.7 Å². The van der Waals surface area contributed by atoms with Gasteiger partial charge in [-0.2, -0.15) is 5.10 Å². The standard InChI is InChI=1S/C13H20ClN3O/c1-3-10-13(14)11(17(2)16-10)7-12(18)8-4-5-9(15)6-8/h8-9H,3-7,15H2,1-2H3. The van der Waals surface area contributed by atoms with Crippen molar-refractivity contribution in [1.29, 1.82) is 0 Å². The van der Waals surface area contributed by atoms with Gasteiger partial charge >= 0.3 is 0 Å². The summed E-state index contributed by atoms with van der Waals surface area (Å²) in [6.45, 7) is 2.01. The number of halogens is 1. The van der Waals surface area contributed by atoms with Gasteiger partial charge in [0.2, 0.25) is 0 Å². The molecule has 1 aromatic heterocycles. The number of carbonyl (C=O) groups excluding carboxylic acids is 1. The highest BCUT2D eigenvalue weighted by atomic mass is 35.5. The number of nitrogens with two attached hydrogens (primary N) is 1. The first kappa shape index (κ1) is 13.6. The Hall–Kier alpha value is -0.870. The molecule has 2 atom stereocenters. The lowest BCUT2D eigenvalue weighted by Gasteiger charge is -2.08. The molecule has 4 nitrogen and oxygen atoms in total. The molecular formula is C13H20ClN3O. The van der Waals surface area contributed by atoms with E-state index in [1.54, 1.807) is 4.68 Å². The molecule has 1 aromatic rings. The highest BCUT2D eigenvalue weighted by Crippen LogP contribution is 2.28. The van der Waals surface area contributed by atoms with E-state index in [0.717, 1.165) is 37.1 Å². The van der Waals surface area contributed by atoms with Crippen molar-refractivity contribution in [3.05, 3.63) is 16.4 Å². The molecule has 0 saturated heterocycles. The molecule has 2 N–H and O–H groups in total. The molecule has 1 saturated carbocycles. The summed E-state index contributed by atoms with van der Waals surface area (Å²) < 4.78 is 1.73. The average molecular weight is 270 g/mol. The molecule has 5 heteroatoms. The van der Waals surface area contributed by atoms with E-state index in [4.69, 9.17) is 17.3 Å². The van der Waals surface area contributed by atoms with Crippen molar-refractivity contribution in [3.63, 3.8) is 0 Å². The lowest BCUT2D eigenvalue weighted by Crippen LogP contribution is -2.20. The fraction of sp³-hybridized carbons (Fsp3) is 0.692. The van der Waals surface area contributed by atoms with Crippen LogP contribution in [0.15, 0.2) is 0 Å². The van der Waals surface area contributed by atoms with E-state index in [1.807, 2.05) is 14.0 Å². The van der Waals surface area contributed by atoms with Gasteiger partial charge < -0.3 is 5.73 Å². The summed E-state index contributed by atoms with van der Waals surface area (Å²) in [5.41, 5.74) is 7.54. The Morgan fingerprint density at radius 1 is 1.56 bits per heavy atom. The predicted octanol–water partition coefficient (Wildman–Crippen LogP) is 1.87. The van der Waals surface area contributed by atoms with Crippen molar-refractivity contribution < 1.29 is 4.79 Å². The zero-order chi connectivity index (χ0) is 13.3. The summed E-state index contributed by atoms with van der Waals surface area (Å²) in [6.07, 6.45) is 3.84. The van der Waals surface area contributed by atoms with Crippen molar-refractivity contribution in [1.82, 2.24) is 9.78 Å². The van der Waals surface area contributed by atoms with Gasteiger partial charge in [-0.25, -0.2) is 0 Å². The molecule has 0 amide bonds. The molecule has 0 spiro atoms. The molecule has 1 fully saturated rings. The molecule has 100 valence electrons. The number of rotatable bonds is 4. The first-order chi connectivity index (χ1) is 8.52. The van der Waals surface area contributed by atoms with Crippen molar-refractivity contribution in [2.75, 3.05) is 0 Å². The Kier molecular flexibility index (Phi) is 4.07. The van der Waals surface area contributed by atoms with Gasteiger partial charge in [-0.3, -0.25) is 9.48 Å². The predicted molar refractivity (Wildman–Crippen MR) is 71.6 cm³/mol. The van der Waals surface area contributed by atoms with Gasteiger partial charge in [0.05, 0.1) is 22.8 Å². The number of aryl methyl sites for hydroxylation is 2. The van der Waals surface area contributed by atoms with Crippen molar-refractivity contribution in [2.45, 2.75) is 45.1 Å². The van der Waals surface area contributed by atoms with Crippen LogP contribution >= 0.6 is 11.6 Å². The van der Waals surface area contributed by atoms with Gasteiger partial charge in [0.25, 0.3) is 0 Å². The normalized spacial score (nSPS) is 23.6. The van der Waals surface area contributed by atoms with Crippen LogP contribution in [0, 0.1) is 5.92 Å². The van der Waals surface area contributed by atoms with E-state index >= 15 is 0 Å². The van der Waals surface area contributed by atoms with Gasteiger partial charge in [0.1, 0.15) is 5.78 Å². The monoisotopic (exact) mass is 269 g/mol. The average Bonchev–Trinajstić information content (AvgIpc) is 2.87. The van der Waals surface area contributed by atoms with Gasteiger partial charge in [-0.1, -0.05) is 18.5 Å². The summed E-state index contributed by atoms with van der Waals surface area (Å²) in [5.74, 6) is 0.353. The quantitative estimate of drug-likeness (QED) is 0.908. The third-order valence-corrected chi connectivity index (χ3v) is 4.21. The molecule has 1 aliphatic rings. The largest absolute Gasteiger partial charge is 0.328 e. The SMILES string of the molecule is CCc1nn(C)c(CC(=O)C2CCC(N)C2)c1Cl. The molecule has 0 aromatic carbocycles. The lowest BCUT2D eigenvalue weighted by molar-refractivity contribution is -0.122. The fourth-order valence-corrected chi connectivity index (χ4v) is 2.99. The fourth-order valence-electron chi connectivity index (χ4n) is 2.63. The van der Waals surface area contributed by atoms with E-state index < -0.39 is 0 Å². The third-order valence-electron chi connectivity index (χ3n) is 3.77. The summed E-state index contributed by atoms with van der Waals surface area (Å²) in [7, 11) is 1.84. The molecular weight excluding hydrogens is 250 g/mol. The van der Waals surface area contributed by atoms with E-state index in [0.29, 0.717) is 11.4 Å². The van der Waals surface area contributed by atoms with Gasteiger partial charge in [-0.15, -0.1) is 0 Å². The maximum Gasteiger partial charge on any atom is 0.142 e. The van der Waals surface area contributed by atoms with Crippen LogP contribution in [-0.2, 0) is 24.7 Å². The summed E-state index contributed by atoms with van der Waals surface area (Å²) >= 11 is 6.25. The van der Waals surface area contributed by atoms with Crippen LogP contribution < -0.4 is 5.73 Å². The number of aromatic nitrogens is 2. The number of Topliss-reactive ketones (excluding diaryl/α,β-unsaturated/α-hetero) is 1. The van der Waals surface area contributed by atoms with E-state index in [9.17, 15) is 4.79 Å². The molecule has 1 aliphatic carbocycles. The second-order valence-electron chi connectivity index (χ2n) is 5.10. The van der Waals surface area contributed by atoms with Crippen LogP contribution in [0.4, 0.5) is 0 Å². The molecule has 0 radical (unpaired) electrons. The summed E-state index contributed by atoms with van der Waals surface area (Å²) in [6, 6.07) is 0.187. The zero-order valence-electron chi connectivity index (χ0n) is 10.9. The van der Waals surface area contributed by atoms with Crippen molar-refractivity contribution >= 4 is 17.4 Å². The lowest BCUT2D eigenvalue weighted by atomic mass is 9.98. The minimum absolute atomic E-state index is 0.107. The topological polar surface area (TPSA) is 60.9 Å². The van der Waals surface area contributed by atoms with E-state index in [1.165, 1.54) is 0 Å². The Balaban J connectivity index is 2.09. The van der Waals surface area contributed by atoms with Gasteiger partial charge in [0, 0.05) is 19.0 Å². The number of hydrogen-bond donors (Lipinski definition) is 1. The smallest absolute Gasteiger partial charge is 0.142 e. The minimum Gasteiger partial charge on any atom is -0.328 e. The number of nitrogens with zero attached hydrogens (tertiary/aromatic N) is 2. The van der Waals surface area contributed by atoms with Crippen LogP contribution in [0.3, 0.4) is 0 Å². The molecule has 2 rings (SSSR count). The van der Waals surface area contributed by atoms with Crippen LogP contribution in [0.2, 0.25) is 5.02 Å². The van der Waals surface area contributed by atoms with Crippen molar-refractivity contribution in [2.24, 2.45) is 18.7 Å². The summed E-state index contributed by atoms with van der Waals surface area (Å²) in [4.78, 5) is 12.2. The molecule has 0 bridgehead atoms. The Bertz CT molecular complexity index is 455. The molecule has 18 heavy (non-hydrogen) atoms. The van der Waals surface area contributed by atoms with Gasteiger partial charge in [0.15, 0.2) is 0 Å². The molecule has 1 heterocycles. The molecule has 0 aliphatic heterocycles. The van der Waals surface area contributed by atoms with E-state index in [2.05, 4.69) is 5.10 Å². The van der Waals surface area contributed by atoms with Gasteiger partial charge in [-0.05, 0) is 25.7 Å². The highest BCUT2D eigenvalue weighted by molar-refractivity contribution is 6.32.